The van der Waals surface area contributed by atoms with Gasteiger partial charge in [0.25, 0.3) is 5.91 Å². The van der Waals surface area contributed by atoms with Crippen LogP contribution in [-0.2, 0) is 11.3 Å². The Morgan fingerprint density at radius 2 is 2.18 bits per heavy atom. The van der Waals surface area contributed by atoms with Gasteiger partial charge < -0.3 is 10.6 Å². The minimum atomic E-state index is -0.362. The molecule has 0 spiro atoms. The monoisotopic (exact) mass is 322 g/mol. The normalized spacial score (nSPS) is 10.3. The predicted molar refractivity (Wildman–Crippen MR) is 80.5 cm³/mol. The Kier molecular flexibility index (Phi) is 5.42. The average Bonchev–Trinajstić information content (AvgIpc) is 2.97. The van der Waals surface area contributed by atoms with Crippen LogP contribution in [0.25, 0.3) is 0 Å². The van der Waals surface area contributed by atoms with E-state index in [9.17, 15) is 9.59 Å². The Bertz CT molecular complexity index is 659. The number of benzene rings is 1. The third kappa shape index (κ3) is 4.26. The summed E-state index contributed by atoms with van der Waals surface area (Å²) in [5, 5.41) is 16.3. The molecule has 1 heterocycles. The first-order chi connectivity index (χ1) is 10.6. The number of rotatable bonds is 6. The van der Waals surface area contributed by atoms with Crippen molar-refractivity contribution in [3.63, 3.8) is 0 Å². The van der Waals surface area contributed by atoms with Gasteiger partial charge in [-0.1, -0.05) is 18.5 Å². The van der Waals surface area contributed by atoms with Crippen LogP contribution in [-0.4, -0.2) is 38.6 Å². The van der Waals surface area contributed by atoms with E-state index >= 15 is 0 Å². The Hall–Kier alpha value is -2.48. The lowest BCUT2D eigenvalue weighted by atomic mass is 10.1. The summed E-state index contributed by atoms with van der Waals surface area (Å²) in [6, 6.07) is 4.69. The van der Waals surface area contributed by atoms with E-state index in [0.717, 1.165) is 6.42 Å². The zero-order chi connectivity index (χ0) is 15.9. The topological polar surface area (TPSA) is 102 Å². The summed E-state index contributed by atoms with van der Waals surface area (Å²) < 4.78 is 1.27. The highest BCUT2D eigenvalue weighted by atomic mass is 35.5. The summed E-state index contributed by atoms with van der Waals surface area (Å²) in [6.45, 7) is 2.45. The molecule has 0 atom stereocenters. The molecule has 0 unspecified atom stereocenters. The zero-order valence-corrected chi connectivity index (χ0v) is 12.7. The van der Waals surface area contributed by atoms with Crippen molar-refractivity contribution >= 4 is 29.1 Å². The van der Waals surface area contributed by atoms with Gasteiger partial charge in [0.15, 0.2) is 0 Å². The van der Waals surface area contributed by atoms with Gasteiger partial charge >= 0.3 is 0 Å². The molecule has 0 fully saturated rings. The van der Waals surface area contributed by atoms with Gasteiger partial charge in [0, 0.05) is 11.6 Å². The molecule has 22 heavy (non-hydrogen) atoms. The first kappa shape index (κ1) is 15.9. The number of nitrogens with zero attached hydrogens (tertiary/aromatic N) is 4. The molecule has 9 heteroatoms. The van der Waals surface area contributed by atoms with E-state index in [2.05, 4.69) is 26.2 Å². The van der Waals surface area contributed by atoms with Gasteiger partial charge in [0.05, 0.1) is 11.3 Å². The number of tetrazole rings is 1. The van der Waals surface area contributed by atoms with E-state index in [0.29, 0.717) is 22.8 Å². The lowest BCUT2D eigenvalue weighted by Gasteiger charge is -2.11. The average molecular weight is 323 g/mol. The van der Waals surface area contributed by atoms with Crippen LogP contribution < -0.4 is 10.6 Å². The molecule has 1 aromatic heterocycles. The van der Waals surface area contributed by atoms with Gasteiger partial charge in [0.2, 0.25) is 5.91 Å². The van der Waals surface area contributed by atoms with Crippen LogP contribution in [0.3, 0.4) is 0 Å². The maximum Gasteiger partial charge on any atom is 0.253 e. The van der Waals surface area contributed by atoms with Crippen molar-refractivity contribution < 1.29 is 9.59 Å². The predicted octanol–water partition coefficient (Wildman–Crippen LogP) is 1.10. The van der Waals surface area contributed by atoms with Crippen molar-refractivity contribution in [2.75, 3.05) is 11.9 Å². The standard InChI is InChI=1S/C13H15ClN6O2/c1-2-5-15-13(22)10-4-3-9(14)6-11(10)17-12(21)7-20-8-16-18-19-20/h3-4,6,8H,2,5,7H2,1H3,(H,15,22)(H,17,21). The molecule has 0 aliphatic heterocycles. The second-order valence-electron chi connectivity index (χ2n) is 4.50. The lowest BCUT2D eigenvalue weighted by molar-refractivity contribution is -0.116. The second kappa shape index (κ2) is 7.51. The Balaban J connectivity index is 2.12. The summed E-state index contributed by atoms with van der Waals surface area (Å²) in [6.07, 6.45) is 2.15. The van der Waals surface area contributed by atoms with E-state index in [1.807, 2.05) is 6.92 Å². The summed E-state index contributed by atoms with van der Waals surface area (Å²) >= 11 is 5.93. The molecule has 2 N–H and O–H groups in total. The van der Waals surface area contributed by atoms with Crippen molar-refractivity contribution in [1.82, 2.24) is 25.5 Å². The summed E-state index contributed by atoms with van der Waals surface area (Å²) in [7, 11) is 0. The van der Waals surface area contributed by atoms with Crippen LogP contribution in [0.15, 0.2) is 24.5 Å². The molecule has 0 saturated carbocycles. The van der Waals surface area contributed by atoms with Gasteiger partial charge in [-0.25, -0.2) is 4.68 Å². The van der Waals surface area contributed by atoms with Gasteiger partial charge in [0.1, 0.15) is 12.9 Å². The third-order valence-electron chi connectivity index (χ3n) is 2.73. The molecule has 2 amide bonds. The Labute approximate surface area is 131 Å². The van der Waals surface area contributed by atoms with Crippen molar-refractivity contribution in [3.8, 4) is 0 Å². The van der Waals surface area contributed by atoms with Crippen LogP contribution in [0.5, 0.6) is 0 Å². The number of hydrogen-bond donors (Lipinski definition) is 2. The lowest BCUT2D eigenvalue weighted by Crippen LogP contribution is -2.26. The van der Waals surface area contributed by atoms with Gasteiger partial charge in [-0.05, 0) is 35.0 Å². The molecule has 0 saturated heterocycles. The zero-order valence-electron chi connectivity index (χ0n) is 11.9. The molecule has 0 aliphatic rings. The molecular weight excluding hydrogens is 308 g/mol. The fourth-order valence-electron chi connectivity index (χ4n) is 1.74. The molecule has 8 nitrogen and oxygen atoms in total. The molecule has 0 bridgehead atoms. The number of aromatic nitrogens is 4. The molecule has 0 aliphatic carbocycles. The molecular formula is C13H15ClN6O2. The third-order valence-corrected chi connectivity index (χ3v) is 2.97. The van der Waals surface area contributed by atoms with Gasteiger partial charge in [-0.3, -0.25) is 9.59 Å². The van der Waals surface area contributed by atoms with E-state index in [4.69, 9.17) is 11.6 Å². The summed E-state index contributed by atoms with van der Waals surface area (Å²) in [5.74, 6) is -0.629. The smallest absolute Gasteiger partial charge is 0.253 e. The first-order valence-corrected chi connectivity index (χ1v) is 7.06. The number of anilines is 1. The quantitative estimate of drug-likeness (QED) is 0.829. The minimum Gasteiger partial charge on any atom is -0.352 e. The fraction of sp³-hybridized carbons (Fsp3) is 0.308. The fourth-order valence-corrected chi connectivity index (χ4v) is 1.91. The minimum absolute atomic E-state index is 0.0600. The number of carbonyl (C=O) groups excluding carboxylic acids is 2. The summed E-state index contributed by atoms with van der Waals surface area (Å²) in [4.78, 5) is 24.1. The summed E-state index contributed by atoms with van der Waals surface area (Å²) in [5.41, 5.74) is 0.696. The highest BCUT2D eigenvalue weighted by Crippen LogP contribution is 2.21. The van der Waals surface area contributed by atoms with Crippen LogP contribution in [0.1, 0.15) is 23.7 Å². The van der Waals surface area contributed by atoms with E-state index in [1.54, 1.807) is 12.1 Å². The van der Waals surface area contributed by atoms with Gasteiger partial charge in [-0.15, -0.1) is 5.10 Å². The van der Waals surface area contributed by atoms with E-state index < -0.39 is 0 Å². The van der Waals surface area contributed by atoms with Crippen molar-refractivity contribution in [3.05, 3.63) is 35.1 Å². The van der Waals surface area contributed by atoms with E-state index in [-0.39, 0.29) is 18.4 Å². The van der Waals surface area contributed by atoms with Crippen LogP contribution in [0, 0.1) is 0 Å². The number of nitrogens with one attached hydrogen (secondary N) is 2. The number of amides is 2. The number of hydrogen-bond acceptors (Lipinski definition) is 5. The van der Waals surface area contributed by atoms with Crippen molar-refractivity contribution in [2.24, 2.45) is 0 Å². The van der Waals surface area contributed by atoms with Crippen LogP contribution in [0.2, 0.25) is 5.02 Å². The molecule has 1 aromatic carbocycles. The van der Waals surface area contributed by atoms with Crippen LogP contribution in [0.4, 0.5) is 5.69 Å². The maximum atomic E-state index is 12.1. The first-order valence-electron chi connectivity index (χ1n) is 6.68. The van der Waals surface area contributed by atoms with Gasteiger partial charge in [-0.2, -0.15) is 0 Å². The largest absolute Gasteiger partial charge is 0.352 e. The Morgan fingerprint density at radius 3 is 2.86 bits per heavy atom. The molecule has 0 radical (unpaired) electrons. The second-order valence-corrected chi connectivity index (χ2v) is 4.94. The number of halogens is 1. The van der Waals surface area contributed by atoms with E-state index in [1.165, 1.54) is 17.1 Å². The molecule has 2 rings (SSSR count). The van der Waals surface area contributed by atoms with Crippen LogP contribution >= 0.6 is 11.6 Å². The maximum absolute atomic E-state index is 12.1. The SMILES string of the molecule is CCCNC(=O)c1ccc(Cl)cc1NC(=O)Cn1cnnn1. The van der Waals surface area contributed by atoms with Crippen molar-refractivity contribution in [1.29, 1.82) is 0 Å². The highest BCUT2D eigenvalue weighted by Gasteiger charge is 2.14. The molecule has 2 aromatic rings. The highest BCUT2D eigenvalue weighted by molar-refractivity contribution is 6.31. The Morgan fingerprint density at radius 1 is 1.36 bits per heavy atom. The number of carbonyl (C=O) groups is 2. The molecule has 116 valence electrons. The van der Waals surface area contributed by atoms with Crippen molar-refractivity contribution in [2.45, 2.75) is 19.9 Å².